The average Bonchev–Trinajstić information content (AvgIpc) is 3.06. The molecule has 0 aliphatic rings. The van der Waals surface area contributed by atoms with E-state index in [9.17, 15) is 4.79 Å². The Bertz CT molecular complexity index is 900. The fourth-order valence-corrected chi connectivity index (χ4v) is 3.39. The van der Waals surface area contributed by atoms with E-state index in [4.69, 9.17) is 9.26 Å². The number of nitrogens with zero attached hydrogens (tertiary/aromatic N) is 3. The largest absolute Gasteiger partial charge is 0.444 e. The van der Waals surface area contributed by atoms with Gasteiger partial charge in [0.05, 0.1) is 5.69 Å². The van der Waals surface area contributed by atoms with E-state index in [1.54, 1.807) is 19.0 Å². The van der Waals surface area contributed by atoms with Crippen molar-refractivity contribution in [3.63, 3.8) is 0 Å². The zero-order valence-electron chi connectivity index (χ0n) is 21.0. The first-order chi connectivity index (χ1) is 15.0. The third kappa shape index (κ3) is 9.23. The van der Waals surface area contributed by atoms with Crippen LogP contribution in [0.15, 0.2) is 33.8 Å². The second-order valence-corrected chi connectivity index (χ2v) is 9.10. The Morgan fingerprint density at radius 1 is 1.18 bits per heavy atom. The van der Waals surface area contributed by atoms with Gasteiger partial charge in [-0.15, -0.1) is 24.0 Å². The molecule has 0 aliphatic carbocycles. The standard InChI is InChI=1S/C24H37N5O3.HI/c1-16(21-17(2)28-32-18(21)3)13-26-22(25-7)27-14-19-9-11-20(12-10-19)15-29(8)23(30)31-24(4,5)6;/h9-12,16H,13-15H2,1-8H3,(H2,25,26,27);1H. The average molecular weight is 572 g/mol. The van der Waals surface area contributed by atoms with Gasteiger partial charge in [0.1, 0.15) is 11.4 Å². The minimum atomic E-state index is -0.502. The summed E-state index contributed by atoms with van der Waals surface area (Å²) in [5.74, 6) is 1.84. The number of ether oxygens (including phenoxy) is 1. The zero-order valence-corrected chi connectivity index (χ0v) is 23.3. The molecule has 1 amide bonds. The number of carbonyl (C=O) groups is 1. The maximum atomic E-state index is 12.1. The molecule has 1 unspecified atom stereocenters. The highest BCUT2D eigenvalue weighted by atomic mass is 127. The number of amides is 1. The summed E-state index contributed by atoms with van der Waals surface area (Å²) < 4.78 is 10.7. The van der Waals surface area contributed by atoms with Crippen molar-refractivity contribution in [3.8, 4) is 0 Å². The van der Waals surface area contributed by atoms with Crippen LogP contribution in [-0.2, 0) is 17.8 Å². The van der Waals surface area contributed by atoms with Crippen molar-refractivity contribution < 1.29 is 14.1 Å². The van der Waals surface area contributed by atoms with Gasteiger partial charge in [-0.25, -0.2) is 4.79 Å². The second kappa shape index (κ2) is 12.8. The molecule has 0 saturated carbocycles. The Labute approximate surface area is 214 Å². The Morgan fingerprint density at radius 2 is 1.79 bits per heavy atom. The molecule has 2 rings (SSSR count). The highest BCUT2D eigenvalue weighted by Gasteiger charge is 2.19. The van der Waals surface area contributed by atoms with Crippen LogP contribution in [0.5, 0.6) is 0 Å². The lowest BCUT2D eigenvalue weighted by molar-refractivity contribution is 0.0285. The van der Waals surface area contributed by atoms with E-state index < -0.39 is 5.60 Å². The molecule has 0 spiro atoms. The fourth-order valence-electron chi connectivity index (χ4n) is 3.39. The van der Waals surface area contributed by atoms with Crippen LogP contribution in [0, 0.1) is 13.8 Å². The number of rotatable bonds is 7. The third-order valence-corrected chi connectivity index (χ3v) is 4.99. The normalized spacial score (nSPS) is 12.5. The zero-order chi connectivity index (χ0) is 23.9. The van der Waals surface area contributed by atoms with E-state index >= 15 is 0 Å². The van der Waals surface area contributed by atoms with Gasteiger partial charge < -0.3 is 24.8 Å². The van der Waals surface area contributed by atoms with Crippen LogP contribution in [0.4, 0.5) is 4.79 Å². The lowest BCUT2D eigenvalue weighted by Crippen LogP contribution is -2.38. The van der Waals surface area contributed by atoms with Crippen LogP contribution in [0.1, 0.15) is 61.8 Å². The molecule has 0 fully saturated rings. The molecule has 1 aromatic carbocycles. The number of guanidine groups is 1. The molecular weight excluding hydrogens is 533 g/mol. The van der Waals surface area contributed by atoms with E-state index in [1.807, 2.05) is 58.9 Å². The summed E-state index contributed by atoms with van der Waals surface area (Å²) in [5.41, 5.74) is 3.73. The SMILES string of the molecule is CN=C(NCc1ccc(CN(C)C(=O)OC(C)(C)C)cc1)NCC(C)c1c(C)noc1C.I. The number of aryl methyl sites for hydroxylation is 2. The van der Waals surface area contributed by atoms with Gasteiger partial charge in [0.15, 0.2) is 5.96 Å². The quantitative estimate of drug-likeness (QED) is 0.283. The summed E-state index contributed by atoms with van der Waals surface area (Å²) in [6, 6.07) is 8.14. The van der Waals surface area contributed by atoms with Crippen LogP contribution in [0.3, 0.4) is 0 Å². The van der Waals surface area contributed by atoms with Crippen LogP contribution >= 0.6 is 24.0 Å². The molecule has 0 saturated heterocycles. The Kier molecular flexibility index (Phi) is 11.2. The molecule has 0 radical (unpaired) electrons. The minimum absolute atomic E-state index is 0. The van der Waals surface area contributed by atoms with Gasteiger partial charge in [0.25, 0.3) is 0 Å². The number of halogens is 1. The van der Waals surface area contributed by atoms with Crippen LogP contribution in [0.25, 0.3) is 0 Å². The molecule has 9 heteroatoms. The van der Waals surface area contributed by atoms with Gasteiger partial charge in [0, 0.05) is 45.2 Å². The van der Waals surface area contributed by atoms with Crippen molar-refractivity contribution in [2.75, 3.05) is 20.6 Å². The molecule has 2 aromatic rings. The summed E-state index contributed by atoms with van der Waals surface area (Å²) in [4.78, 5) is 18.0. The molecule has 0 bridgehead atoms. The first-order valence-corrected chi connectivity index (χ1v) is 10.9. The predicted octanol–water partition coefficient (Wildman–Crippen LogP) is 4.75. The van der Waals surface area contributed by atoms with Gasteiger partial charge in [-0.05, 0) is 45.7 Å². The first kappa shape index (κ1) is 28.7. The van der Waals surface area contributed by atoms with E-state index in [0.717, 1.165) is 40.6 Å². The van der Waals surface area contributed by atoms with Crippen LogP contribution in [-0.4, -0.2) is 48.4 Å². The maximum absolute atomic E-state index is 12.1. The van der Waals surface area contributed by atoms with Crippen molar-refractivity contribution in [1.82, 2.24) is 20.7 Å². The van der Waals surface area contributed by atoms with Crippen molar-refractivity contribution in [2.24, 2.45) is 4.99 Å². The number of benzene rings is 1. The lowest BCUT2D eigenvalue weighted by atomic mass is 10.00. The molecule has 1 atom stereocenters. The molecule has 184 valence electrons. The summed E-state index contributed by atoms with van der Waals surface area (Å²) in [5, 5.41) is 10.7. The summed E-state index contributed by atoms with van der Waals surface area (Å²) >= 11 is 0. The predicted molar refractivity (Wildman–Crippen MR) is 142 cm³/mol. The molecular formula is C24H38IN5O3. The Morgan fingerprint density at radius 3 is 2.30 bits per heavy atom. The maximum Gasteiger partial charge on any atom is 0.410 e. The van der Waals surface area contributed by atoms with E-state index in [2.05, 4.69) is 27.7 Å². The van der Waals surface area contributed by atoms with E-state index in [1.165, 1.54) is 0 Å². The fraction of sp³-hybridized carbons (Fsp3) is 0.542. The molecule has 1 aromatic heterocycles. The van der Waals surface area contributed by atoms with Crippen LogP contribution < -0.4 is 10.6 Å². The lowest BCUT2D eigenvalue weighted by Gasteiger charge is -2.24. The first-order valence-electron chi connectivity index (χ1n) is 10.9. The second-order valence-electron chi connectivity index (χ2n) is 9.10. The number of nitrogens with one attached hydrogen (secondary N) is 2. The van der Waals surface area contributed by atoms with Gasteiger partial charge in [0.2, 0.25) is 0 Å². The highest BCUT2D eigenvalue weighted by Crippen LogP contribution is 2.22. The van der Waals surface area contributed by atoms with E-state index in [-0.39, 0.29) is 36.0 Å². The van der Waals surface area contributed by atoms with Gasteiger partial charge in [-0.2, -0.15) is 0 Å². The van der Waals surface area contributed by atoms with Crippen molar-refractivity contribution in [1.29, 1.82) is 0 Å². The van der Waals surface area contributed by atoms with Crippen molar-refractivity contribution >= 4 is 36.0 Å². The molecule has 2 N–H and O–H groups in total. The molecule has 0 aliphatic heterocycles. The number of hydrogen-bond acceptors (Lipinski definition) is 5. The van der Waals surface area contributed by atoms with Crippen molar-refractivity contribution in [2.45, 2.75) is 66.2 Å². The number of carbonyl (C=O) groups excluding carboxylic acids is 1. The summed E-state index contributed by atoms with van der Waals surface area (Å²) in [7, 11) is 3.49. The minimum Gasteiger partial charge on any atom is -0.444 e. The molecule has 1 heterocycles. The number of aromatic nitrogens is 1. The van der Waals surface area contributed by atoms with Crippen molar-refractivity contribution in [3.05, 3.63) is 52.4 Å². The van der Waals surface area contributed by atoms with Gasteiger partial charge in [-0.1, -0.05) is 36.3 Å². The third-order valence-electron chi connectivity index (χ3n) is 4.99. The highest BCUT2D eigenvalue weighted by molar-refractivity contribution is 14.0. The monoisotopic (exact) mass is 571 g/mol. The number of aliphatic imine (C=N–C) groups is 1. The van der Waals surface area contributed by atoms with Gasteiger partial charge >= 0.3 is 6.09 Å². The van der Waals surface area contributed by atoms with Gasteiger partial charge in [-0.3, -0.25) is 4.99 Å². The molecule has 8 nitrogen and oxygen atoms in total. The smallest absolute Gasteiger partial charge is 0.410 e. The summed E-state index contributed by atoms with van der Waals surface area (Å²) in [6.45, 7) is 13.5. The molecule has 33 heavy (non-hydrogen) atoms. The Hall–Kier alpha value is -2.30. The Balaban J connectivity index is 0.00000544. The topological polar surface area (TPSA) is 92.0 Å². The van der Waals surface area contributed by atoms with E-state index in [0.29, 0.717) is 13.1 Å². The number of hydrogen-bond donors (Lipinski definition) is 2. The summed E-state index contributed by atoms with van der Waals surface area (Å²) in [6.07, 6.45) is -0.330. The van der Waals surface area contributed by atoms with Crippen LogP contribution in [0.2, 0.25) is 0 Å².